The largest absolute Gasteiger partial charge is 0.384 e. The second-order valence-corrected chi connectivity index (χ2v) is 8.84. The molecule has 1 heterocycles. The molecule has 0 unspecified atom stereocenters. The minimum absolute atomic E-state index is 0.123. The molecule has 0 radical (unpaired) electrons. The summed E-state index contributed by atoms with van der Waals surface area (Å²) in [6.45, 7) is 0. The first-order chi connectivity index (χ1) is 9.91. The molecule has 2 rings (SSSR count). The zero-order chi connectivity index (χ0) is 16.9. The van der Waals surface area contributed by atoms with Gasteiger partial charge in [0.2, 0.25) is 0 Å². The van der Waals surface area contributed by atoms with Gasteiger partial charge < -0.3 is 5.73 Å². The van der Waals surface area contributed by atoms with Crippen molar-refractivity contribution in [3.05, 3.63) is 24.0 Å². The van der Waals surface area contributed by atoms with Crippen LogP contribution < -0.4 is 5.73 Å². The van der Waals surface area contributed by atoms with E-state index >= 15 is 0 Å². The lowest BCUT2D eigenvalue weighted by Crippen LogP contribution is -2.10. The zero-order valence-corrected chi connectivity index (χ0v) is 13.7. The predicted octanol–water partition coefficient (Wildman–Crippen LogP) is 0.615. The van der Waals surface area contributed by atoms with Crippen LogP contribution in [0, 0.1) is 5.82 Å². The summed E-state index contributed by atoms with van der Waals surface area (Å²) >= 11 is 0. The van der Waals surface area contributed by atoms with Crippen molar-refractivity contribution < 1.29 is 21.2 Å². The quantitative estimate of drug-likeness (QED) is 0.871. The third-order valence-electron chi connectivity index (χ3n) is 2.99. The predicted molar refractivity (Wildman–Crippen MR) is 79.2 cm³/mol. The topological polar surface area (TPSA) is 112 Å². The number of nitrogen functional groups attached to an aromatic ring is 1. The van der Waals surface area contributed by atoms with Gasteiger partial charge in [-0.15, -0.1) is 0 Å². The van der Waals surface area contributed by atoms with Gasteiger partial charge in [-0.05, 0) is 12.1 Å². The fourth-order valence-electron chi connectivity index (χ4n) is 1.97. The Labute approximate surface area is 127 Å². The molecule has 0 saturated heterocycles. The van der Waals surface area contributed by atoms with Crippen LogP contribution in [0.1, 0.15) is 0 Å². The van der Waals surface area contributed by atoms with Crippen LogP contribution in [0.3, 0.4) is 0 Å². The number of halogens is 1. The summed E-state index contributed by atoms with van der Waals surface area (Å²) in [5, 5.41) is 4.02. The third-order valence-corrected chi connectivity index (χ3v) is 5.40. The van der Waals surface area contributed by atoms with Crippen molar-refractivity contribution in [2.24, 2.45) is 7.05 Å². The number of aryl methyl sites for hydroxylation is 1. The molecule has 0 amide bonds. The number of rotatable bonds is 3. The lowest BCUT2D eigenvalue weighted by atomic mass is 10.1. The van der Waals surface area contributed by atoms with E-state index in [0.717, 1.165) is 24.6 Å². The van der Waals surface area contributed by atoms with E-state index in [1.165, 1.54) is 10.7 Å². The Morgan fingerprint density at radius 3 is 2.09 bits per heavy atom. The average Bonchev–Trinajstić information content (AvgIpc) is 2.66. The summed E-state index contributed by atoms with van der Waals surface area (Å²) in [7, 11) is -6.44. The standard InChI is InChI=1S/C12H14FN3O4S2/c1-16-11(14)6-9(15-16)7-4-8(13)12(22(3,19)20)10(5-7)21(2,17)18/h4-6H,14H2,1-3H3. The molecule has 1 aromatic carbocycles. The van der Waals surface area contributed by atoms with Crippen LogP contribution in [0.5, 0.6) is 0 Å². The maximum Gasteiger partial charge on any atom is 0.179 e. The van der Waals surface area contributed by atoms with Crippen LogP contribution in [-0.4, -0.2) is 39.1 Å². The number of sulfone groups is 2. The second kappa shape index (κ2) is 5.06. The van der Waals surface area contributed by atoms with Crippen LogP contribution in [0.2, 0.25) is 0 Å². The number of nitrogens with zero attached hydrogens (tertiary/aromatic N) is 2. The van der Waals surface area contributed by atoms with E-state index in [-0.39, 0.29) is 11.3 Å². The fraction of sp³-hybridized carbons (Fsp3) is 0.250. The van der Waals surface area contributed by atoms with Gasteiger partial charge in [0.1, 0.15) is 16.5 Å². The van der Waals surface area contributed by atoms with Gasteiger partial charge in [-0.1, -0.05) is 0 Å². The Hall–Kier alpha value is -1.94. The van der Waals surface area contributed by atoms with Crippen molar-refractivity contribution in [3.63, 3.8) is 0 Å². The van der Waals surface area contributed by atoms with Crippen LogP contribution in [0.15, 0.2) is 28.0 Å². The van der Waals surface area contributed by atoms with Crippen molar-refractivity contribution in [2.75, 3.05) is 18.2 Å². The number of anilines is 1. The molecule has 10 heteroatoms. The minimum atomic E-state index is -4.05. The van der Waals surface area contributed by atoms with Gasteiger partial charge in [0.25, 0.3) is 0 Å². The molecule has 0 aliphatic rings. The van der Waals surface area contributed by atoms with Gasteiger partial charge in [0.05, 0.1) is 10.6 Å². The van der Waals surface area contributed by atoms with Gasteiger partial charge in [0.15, 0.2) is 19.7 Å². The molecule has 120 valence electrons. The van der Waals surface area contributed by atoms with Crippen molar-refractivity contribution in [3.8, 4) is 11.3 Å². The first-order valence-electron chi connectivity index (χ1n) is 5.95. The fourth-order valence-corrected chi connectivity index (χ4v) is 4.50. The highest BCUT2D eigenvalue weighted by molar-refractivity contribution is 7.93. The lowest BCUT2D eigenvalue weighted by molar-refractivity contribution is 0.555. The Morgan fingerprint density at radius 1 is 1.09 bits per heavy atom. The van der Waals surface area contributed by atoms with E-state index in [2.05, 4.69) is 5.10 Å². The molecule has 7 nitrogen and oxygen atoms in total. The maximum absolute atomic E-state index is 14.2. The number of nitrogens with two attached hydrogens (primary N) is 1. The summed E-state index contributed by atoms with van der Waals surface area (Å²) in [4.78, 5) is -1.45. The van der Waals surface area contributed by atoms with Crippen molar-refractivity contribution >= 4 is 25.5 Å². The Bertz CT molecular complexity index is 943. The van der Waals surface area contributed by atoms with Crippen LogP contribution in [0.25, 0.3) is 11.3 Å². The van der Waals surface area contributed by atoms with Gasteiger partial charge in [-0.25, -0.2) is 21.2 Å². The Morgan fingerprint density at radius 2 is 1.68 bits per heavy atom. The summed E-state index contributed by atoms with van der Waals surface area (Å²) in [5.41, 5.74) is 5.99. The zero-order valence-electron chi connectivity index (χ0n) is 12.0. The molecule has 0 bridgehead atoms. The first kappa shape index (κ1) is 16.4. The number of benzene rings is 1. The highest BCUT2D eigenvalue weighted by Gasteiger charge is 2.26. The molecular formula is C12H14FN3O4S2. The second-order valence-electron chi connectivity index (χ2n) is 4.91. The summed E-state index contributed by atoms with van der Waals surface area (Å²) in [5.74, 6) is -0.854. The minimum Gasteiger partial charge on any atom is -0.384 e. The highest BCUT2D eigenvalue weighted by Crippen LogP contribution is 2.30. The number of aromatic nitrogens is 2. The van der Waals surface area contributed by atoms with Gasteiger partial charge in [-0.3, -0.25) is 4.68 Å². The van der Waals surface area contributed by atoms with E-state index < -0.39 is 35.3 Å². The van der Waals surface area contributed by atoms with Crippen LogP contribution in [-0.2, 0) is 26.7 Å². The van der Waals surface area contributed by atoms with E-state index in [1.807, 2.05) is 0 Å². The van der Waals surface area contributed by atoms with E-state index in [1.54, 1.807) is 7.05 Å². The highest BCUT2D eigenvalue weighted by atomic mass is 32.2. The van der Waals surface area contributed by atoms with Crippen molar-refractivity contribution in [2.45, 2.75) is 9.79 Å². The lowest BCUT2D eigenvalue weighted by Gasteiger charge is -2.09. The molecule has 0 fully saturated rings. The van der Waals surface area contributed by atoms with E-state index in [4.69, 9.17) is 5.73 Å². The van der Waals surface area contributed by atoms with Crippen molar-refractivity contribution in [1.29, 1.82) is 0 Å². The van der Waals surface area contributed by atoms with Crippen molar-refractivity contribution in [1.82, 2.24) is 9.78 Å². The molecule has 0 atom stereocenters. The molecule has 22 heavy (non-hydrogen) atoms. The van der Waals surface area contributed by atoms with Gasteiger partial charge in [0, 0.05) is 31.2 Å². The third kappa shape index (κ3) is 2.97. The molecule has 2 N–H and O–H groups in total. The molecule has 0 aliphatic carbocycles. The molecule has 0 aliphatic heterocycles. The maximum atomic E-state index is 14.2. The molecule has 0 spiro atoms. The number of hydrogen-bond acceptors (Lipinski definition) is 6. The smallest absolute Gasteiger partial charge is 0.179 e. The van der Waals surface area contributed by atoms with Gasteiger partial charge in [-0.2, -0.15) is 5.10 Å². The van der Waals surface area contributed by atoms with Crippen LogP contribution >= 0.6 is 0 Å². The summed E-state index contributed by atoms with van der Waals surface area (Å²) in [6.07, 6.45) is 1.56. The first-order valence-corrected chi connectivity index (χ1v) is 9.73. The monoisotopic (exact) mass is 347 g/mol. The SMILES string of the molecule is Cn1nc(-c2cc(F)c(S(C)(=O)=O)c(S(C)(=O)=O)c2)cc1N. The molecule has 1 aromatic heterocycles. The molecular weight excluding hydrogens is 333 g/mol. The van der Waals surface area contributed by atoms with E-state index in [9.17, 15) is 21.2 Å². The molecule has 0 saturated carbocycles. The number of hydrogen-bond donors (Lipinski definition) is 1. The summed E-state index contributed by atoms with van der Waals surface area (Å²) in [6, 6.07) is 3.43. The van der Waals surface area contributed by atoms with Crippen LogP contribution in [0.4, 0.5) is 10.2 Å². The normalized spacial score (nSPS) is 12.5. The molecule has 2 aromatic rings. The summed E-state index contributed by atoms with van der Waals surface area (Å²) < 4.78 is 62.6. The van der Waals surface area contributed by atoms with E-state index in [0.29, 0.717) is 5.82 Å². The Balaban J connectivity index is 2.85. The Kier molecular flexibility index (Phi) is 3.78. The average molecular weight is 347 g/mol. The van der Waals surface area contributed by atoms with Gasteiger partial charge >= 0.3 is 0 Å².